The van der Waals surface area contributed by atoms with Gasteiger partial charge in [-0.3, -0.25) is 0 Å². The molecular weight excluding hydrogens is 702 g/mol. The molecule has 0 aliphatic carbocycles. The zero-order valence-corrected chi connectivity index (χ0v) is 24.5. The number of hydrogen-bond donors (Lipinski definition) is 0. The van der Waals surface area contributed by atoms with Gasteiger partial charge >= 0.3 is 0 Å². The van der Waals surface area contributed by atoms with Gasteiger partial charge in [-0.1, -0.05) is 97.1 Å². The third kappa shape index (κ3) is 6.29. The molecule has 13 heteroatoms. The quantitative estimate of drug-likeness (QED) is 0.187. The van der Waals surface area contributed by atoms with Gasteiger partial charge in [0.25, 0.3) is 0 Å². The van der Waals surface area contributed by atoms with E-state index in [4.69, 9.17) is 95.4 Å². The molecule has 0 bridgehead atoms. The predicted octanol–water partition coefficient (Wildman–Crippen LogP) is 12.7. The van der Waals surface area contributed by atoms with Gasteiger partial charge in [0.1, 0.15) is 21.6 Å². The van der Waals surface area contributed by atoms with Gasteiger partial charge in [0.15, 0.2) is 28.8 Å². The smallest absolute Gasteiger partial charge is 0.215 e. The molecule has 0 atom stereocenters. The van der Waals surface area contributed by atoms with Crippen molar-refractivity contribution in [2.45, 2.75) is 0 Å². The van der Waals surface area contributed by atoms with E-state index in [0.29, 0.717) is 4.47 Å². The molecule has 0 fully saturated rings. The summed E-state index contributed by atoms with van der Waals surface area (Å²) in [6.07, 6.45) is 0. The largest absolute Gasteiger partial charge is 0.452 e. The molecule has 4 aromatic rings. The normalized spacial score (nSPS) is 11.0. The van der Waals surface area contributed by atoms with Crippen LogP contribution >= 0.6 is 97.1 Å². The minimum atomic E-state index is -0.769. The lowest BCUT2D eigenvalue weighted by molar-refractivity contribution is 0.377. The fraction of sp³-hybridized carbons (Fsp3) is 0. The molecule has 3 nitrogen and oxygen atoms in total. The van der Waals surface area contributed by atoms with Crippen LogP contribution in [-0.4, -0.2) is 0 Å². The van der Waals surface area contributed by atoms with Gasteiger partial charge in [-0.05, 0) is 42.5 Å². The Morgan fingerprint density at radius 3 is 1.76 bits per heavy atom. The highest BCUT2D eigenvalue weighted by Gasteiger charge is 2.29. The maximum Gasteiger partial charge on any atom is 0.215 e. The second kappa shape index (κ2) is 11.8. The fourth-order valence-corrected chi connectivity index (χ4v) is 4.93. The van der Waals surface area contributed by atoms with Crippen molar-refractivity contribution in [1.82, 2.24) is 0 Å². The highest BCUT2D eigenvalue weighted by Crippen LogP contribution is 2.57. The SMILES string of the molecule is Fc1cc(Oc2c(Cl)c(Cl)c(Cl)c(Oc3ccc(Br)cc3F)c2Oc2c(Cl)cc(Cl)cc2Cl)ccc1Cl. The van der Waals surface area contributed by atoms with Crippen LogP contribution in [0.4, 0.5) is 8.78 Å². The summed E-state index contributed by atoms with van der Waals surface area (Å²) in [7, 11) is 0. The Hall–Kier alpha value is -1.35. The van der Waals surface area contributed by atoms with E-state index in [1.807, 2.05) is 0 Å². The first kappa shape index (κ1) is 28.7. The molecule has 4 aromatic carbocycles. The summed E-state index contributed by atoms with van der Waals surface area (Å²) in [6.45, 7) is 0. The molecule has 0 aliphatic rings. The molecule has 37 heavy (non-hydrogen) atoms. The molecule has 0 spiro atoms. The second-order valence-electron chi connectivity index (χ2n) is 7.08. The van der Waals surface area contributed by atoms with Crippen molar-refractivity contribution in [3.05, 3.63) is 99.8 Å². The van der Waals surface area contributed by atoms with Gasteiger partial charge in [-0.25, -0.2) is 8.78 Å². The van der Waals surface area contributed by atoms with Gasteiger partial charge in [0.2, 0.25) is 5.75 Å². The van der Waals surface area contributed by atoms with Crippen molar-refractivity contribution in [2.24, 2.45) is 0 Å². The topological polar surface area (TPSA) is 27.7 Å². The zero-order valence-electron chi connectivity index (χ0n) is 17.6. The first-order chi connectivity index (χ1) is 17.5. The molecule has 192 valence electrons. The molecule has 0 heterocycles. The van der Waals surface area contributed by atoms with Crippen molar-refractivity contribution in [3.8, 4) is 34.5 Å². The standard InChI is InChI=1S/C24H8BrCl7F2O3/c25-9-1-4-17(16(34)5-9)36-23-20(32)18(30)19(31)22(35-11-2-3-12(27)15(33)8-11)24(23)37-21-13(28)6-10(26)7-14(21)29/h1-8H. The van der Waals surface area contributed by atoms with Crippen LogP contribution in [0.5, 0.6) is 34.5 Å². The van der Waals surface area contributed by atoms with Crippen molar-refractivity contribution >= 4 is 97.1 Å². The fourth-order valence-electron chi connectivity index (χ4n) is 2.93. The molecular formula is C24H8BrCl7F2O3. The van der Waals surface area contributed by atoms with Crippen LogP contribution in [0.15, 0.2) is 53.0 Å². The van der Waals surface area contributed by atoms with Crippen LogP contribution in [0.1, 0.15) is 0 Å². The maximum atomic E-state index is 14.7. The van der Waals surface area contributed by atoms with Crippen LogP contribution in [-0.2, 0) is 0 Å². The minimum Gasteiger partial charge on any atom is -0.452 e. The number of benzene rings is 4. The number of ether oxygens (including phenoxy) is 3. The highest BCUT2D eigenvalue weighted by atomic mass is 79.9. The molecule has 4 rings (SSSR count). The Morgan fingerprint density at radius 2 is 1.16 bits per heavy atom. The predicted molar refractivity (Wildman–Crippen MR) is 149 cm³/mol. The lowest BCUT2D eigenvalue weighted by atomic mass is 10.2. The van der Waals surface area contributed by atoms with E-state index in [2.05, 4.69) is 15.9 Å². The summed E-state index contributed by atoms with van der Waals surface area (Å²) in [5, 5.41) is -0.606. The highest BCUT2D eigenvalue weighted by molar-refractivity contribution is 9.10. The monoisotopic (exact) mass is 706 g/mol. The van der Waals surface area contributed by atoms with E-state index in [-0.39, 0.29) is 69.7 Å². The van der Waals surface area contributed by atoms with Crippen LogP contribution in [0.2, 0.25) is 35.2 Å². The summed E-state index contributed by atoms with van der Waals surface area (Å²) in [5.74, 6) is -2.76. The summed E-state index contributed by atoms with van der Waals surface area (Å²) in [4.78, 5) is 0. The van der Waals surface area contributed by atoms with Crippen molar-refractivity contribution in [2.75, 3.05) is 0 Å². The first-order valence-corrected chi connectivity index (χ1v) is 13.2. The second-order valence-corrected chi connectivity index (χ2v) is 10.8. The van der Waals surface area contributed by atoms with Gasteiger partial charge < -0.3 is 14.2 Å². The van der Waals surface area contributed by atoms with E-state index in [1.165, 1.54) is 42.5 Å². The van der Waals surface area contributed by atoms with Crippen LogP contribution in [0.3, 0.4) is 0 Å². The summed E-state index contributed by atoms with van der Waals surface area (Å²) >= 11 is 46.8. The van der Waals surface area contributed by atoms with E-state index >= 15 is 0 Å². The molecule has 0 amide bonds. The molecule has 0 unspecified atom stereocenters. The Bertz CT molecular complexity index is 1510. The van der Waals surface area contributed by atoms with E-state index in [1.54, 1.807) is 0 Å². The van der Waals surface area contributed by atoms with Gasteiger partial charge in [-0.15, -0.1) is 0 Å². The number of rotatable bonds is 6. The third-order valence-electron chi connectivity index (χ3n) is 4.58. The van der Waals surface area contributed by atoms with E-state index in [0.717, 1.165) is 6.07 Å². The zero-order chi connectivity index (χ0) is 27.0. The van der Waals surface area contributed by atoms with Gasteiger partial charge in [0, 0.05) is 15.6 Å². The van der Waals surface area contributed by atoms with Gasteiger partial charge in [-0.2, -0.15) is 0 Å². The van der Waals surface area contributed by atoms with Crippen LogP contribution < -0.4 is 14.2 Å². The van der Waals surface area contributed by atoms with Crippen LogP contribution in [0, 0.1) is 11.6 Å². The van der Waals surface area contributed by atoms with E-state index in [9.17, 15) is 8.78 Å². The molecule has 0 aromatic heterocycles. The lowest BCUT2D eigenvalue weighted by Gasteiger charge is -2.21. The Kier molecular flexibility index (Phi) is 9.14. The first-order valence-electron chi connectivity index (χ1n) is 9.75. The lowest BCUT2D eigenvalue weighted by Crippen LogP contribution is -1.99. The minimum absolute atomic E-state index is 0.00366. The van der Waals surface area contributed by atoms with E-state index < -0.39 is 11.6 Å². The molecule has 0 aliphatic heterocycles. The average molecular weight is 710 g/mol. The summed E-state index contributed by atoms with van der Waals surface area (Å²) in [6, 6.07) is 10.4. The molecule has 0 N–H and O–H groups in total. The average Bonchev–Trinajstić information content (AvgIpc) is 2.82. The number of halogens is 10. The van der Waals surface area contributed by atoms with Crippen molar-refractivity contribution < 1.29 is 23.0 Å². The number of hydrogen-bond acceptors (Lipinski definition) is 3. The summed E-state index contributed by atoms with van der Waals surface area (Å²) in [5.41, 5.74) is 0. The molecule has 0 saturated carbocycles. The molecule has 0 radical (unpaired) electrons. The van der Waals surface area contributed by atoms with Crippen LogP contribution in [0.25, 0.3) is 0 Å². The van der Waals surface area contributed by atoms with Gasteiger partial charge in [0.05, 0.1) is 20.1 Å². The molecule has 0 saturated heterocycles. The third-order valence-corrected chi connectivity index (χ3v) is 7.45. The Labute approximate surface area is 252 Å². The summed E-state index contributed by atoms with van der Waals surface area (Å²) < 4.78 is 46.8. The maximum absolute atomic E-state index is 14.7. The Morgan fingerprint density at radius 1 is 0.541 bits per heavy atom. The van der Waals surface area contributed by atoms with Crippen molar-refractivity contribution in [3.63, 3.8) is 0 Å². The Balaban J connectivity index is 1.95. The van der Waals surface area contributed by atoms with Crippen molar-refractivity contribution in [1.29, 1.82) is 0 Å².